The van der Waals surface area contributed by atoms with E-state index in [1.807, 2.05) is 33.8 Å². The largest absolute Gasteiger partial charge is 0.337 e. The lowest BCUT2D eigenvalue weighted by molar-refractivity contribution is 0.0774. The molecule has 5 nitrogen and oxygen atoms in total. The standard InChI is InChI=1S/C21H25ClN4O/c22-16-6-8-17(9-7-16)26-19-5-3-1-2-4-18(19)20(24-26)21(27)25-12-14-10-23-11-15(14)13-25/h6-9,14-15,23H,1-5,10-13H2/t14-,15+. The first kappa shape index (κ1) is 17.3. The van der Waals surface area contributed by atoms with Crippen molar-refractivity contribution in [2.24, 2.45) is 11.8 Å². The Hall–Kier alpha value is -1.85. The van der Waals surface area contributed by atoms with Crippen LogP contribution in [0.5, 0.6) is 0 Å². The number of amides is 1. The van der Waals surface area contributed by atoms with Crippen molar-refractivity contribution in [2.45, 2.75) is 32.1 Å². The predicted octanol–water partition coefficient (Wildman–Crippen LogP) is 3.09. The maximum atomic E-state index is 13.4. The van der Waals surface area contributed by atoms with Gasteiger partial charge in [-0.05, 0) is 61.8 Å². The summed E-state index contributed by atoms with van der Waals surface area (Å²) in [6, 6.07) is 7.75. The van der Waals surface area contributed by atoms with Crippen LogP contribution in [-0.4, -0.2) is 46.8 Å². The fraction of sp³-hybridized carbons (Fsp3) is 0.524. The summed E-state index contributed by atoms with van der Waals surface area (Å²) in [5.41, 5.74) is 4.04. The van der Waals surface area contributed by atoms with Gasteiger partial charge in [0.1, 0.15) is 0 Å². The van der Waals surface area contributed by atoms with Gasteiger partial charge in [0.25, 0.3) is 5.91 Å². The average Bonchev–Trinajstić information content (AvgIpc) is 3.31. The summed E-state index contributed by atoms with van der Waals surface area (Å²) in [7, 11) is 0. The molecule has 27 heavy (non-hydrogen) atoms. The van der Waals surface area contributed by atoms with Gasteiger partial charge in [-0.25, -0.2) is 4.68 Å². The van der Waals surface area contributed by atoms with Gasteiger partial charge in [-0.2, -0.15) is 5.10 Å². The van der Waals surface area contributed by atoms with E-state index in [4.69, 9.17) is 16.7 Å². The first-order valence-electron chi connectivity index (χ1n) is 10.1. The minimum Gasteiger partial charge on any atom is -0.337 e. The van der Waals surface area contributed by atoms with E-state index in [0.29, 0.717) is 22.6 Å². The van der Waals surface area contributed by atoms with Gasteiger partial charge < -0.3 is 10.2 Å². The normalized spacial score (nSPS) is 24.6. The maximum Gasteiger partial charge on any atom is 0.274 e. The number of fused-ring (bicyclic) bond motifs is 2. The van der Waals surface area contributed by atoms with Crippen LogP contribution in [0.1, 0.15) is 41.0 Å². The van der Waals surface area contributed by atoms with Crippen LogP contribution in [0.25, 0.3) is 5.69 Å². The molecule has 0 saturated carbocycles. The van der Waals surface area contributed by atoms with Crippen molar-refractivity contribution in [1.82, 2.24) is 20.0 Å². The second-order valence-corrected chi connectivity index (χ2v) is 8.55. The SMILES string of the molecule is O=C(c1nn(-c2ccc(Cl)cc2)c2c1CCCCC2)N1C[C@H]2CNC[C@H]2C1. The molecular formula is C21H25ClN4O. The summed E-state index contributed by atoms with van der Waals surface area (Å²) >= 11 is 6.06. The second kappa shape index (κ2) is 6.95. The zero-order valence-electron chi connectivity index (χ0n) is 15.5. The molecule has 1 aromatic heterocycles. The van der Waals surface area contributed by atoms with Crippen LogP contribution < -0.4 is 5.32 Å². The summed E-state index contributed by atoms with van der Waals surface area (Å²) < 4.78 is 1.99. The number of benzene rings is 1. The molecule has 1 aromatic carbocycles. The van der Waals surface area contributed by atoms with Crippen molar-refractivity contribution in [1.29, 1.82) is 0 Å². The molecule has 2 saturated heterocycles. The summed E-state index contributed by atoms with van der Waals surface area (Å²) in [4.78, 5) is 15.4. The Balaban J connectivity index is 1.52. The Morgan fingerprint density at radius 3 is 2.48 bits per heavy atom. The number of carbonyl (C=O) groups is 1. The fourth-order valence-corrected chi connectivity index (χ4v) is 5.04. The van der Waals surface area contributed by atoms with Crippen LogP contribution >= 0.6 is 11.6 Å². The van der Waals surface area contributed by atoms with E-state index in [-0.39, 0.29) is 5.91 Å². The third-order valence-electron chi connectivity index (χ3n) is 6.38. The Morgan fingerprint density at radius 1 is 1.04 bits per heavy atom. The van der Waals surface area contributed by atoms with Crippen LogP contribution in [-0.2, 0) is 12.8 Å². The van der Waals surface area contributed by atoms with Gasteiger partial charge in [0.05, 0.1) is 5.69 Å². The minimum atomic E-state index is 0.121. The molecule has 0 bridgehead atoms. The first-order chi connectivity index (χ1) is 13.2. The highest BCUT2D eigenvalue weighted by Crippen LogP contribution is 2.31. The second-order valence-electron chi connectivity index (χ2n) is 8.11. The summed E-state index contributed by atoms with van der Waals surface area (Å²) in [6.07, 6.45) is 5.43. The van der Waals surface area contributed by atoms with Gasteiger partial charge in [0.15, 0.2) is 5.69 Å². The molecule has 5 rings (SSSR count). The van der Waals surface area contributed by atoms with Gasteiger partial charge >= 0.3 is 0 Å². The van der Waals surface area contributed by atoms with E-state index in [0.717, 1.165) is 57.5 Å². The molecule has 0 spiro atoms. The van der Waals surface area contributed by atoms with Gasteiger partial charge in [-0.15, -0.1) is 0 Å². The number of carbonyl (C=O) groups excluding carboxylic acids is 1. The highest BCUT2D eigenvalue weighted by molar-refractivity contribution is 6.30. The lowest BCUT2D eigenvalue weighted by Crippen LogP contribution is -2.32. The van der Waals surface area contributed by atoms with Crippen LogP contribution in [0.15, 0.2) is 24.3 Å². The number of nitrogens with one attached hydrogen (secondary N) is 1. The lowest BCUT2D eigenvalue weighted by Gasteiger charge is -2.17. The molecule has 6 heteroatoms. The van der Waals surface area contributed by atoms with Gasteiger partial charge in [0, 0.05) is 42.5 Å². The van der Waals surface area contributed by atoms with Gasteiger partial charge in [-0.3, -0.25) is 4.79 Å². The minimum absolute atomic E-state index is 0.121. The fourth-order valence-electron chi connectivity index (χ4n) is 4.91. The Labute approximate surface area is 164 Å². The Morgan fingerprint density at radius 2 is 1.74 bits per heavy atom. The zero-order chi connectivity index (χ0) is 18.4. The third kappa shape index (κ3) is 3.07. The summed E-state index contributed by atoms with van der Waals surface area (Å²) in [6.45, 7) is 3.79. The first-order valence-corrected chi connectivity index (χ1v) is 10.4. The predicted molar refractivity (Wildman–Crippen MR) is 106 cm³/mol. The van der Waals surface area contributed by atoms with E-state index in [9.17, 15) is 4.79 Å². The van der Waals surface area contributed by atoms with Gasteiger partial charge in [0.2, 0.25) is 0 Å². The zero-order valence-corrected chi connectivity index (χ0v) is 16.2. The van der Waals surface area contributed by atoms with Crippen molar-refractivity contribution >= 4 is 17.5 Å². The van der Waals surface area contributed by atoms with E-state index >= 15 is 0 Å². The highest BCUT2D eigenvalue weighted by Gasteiger charge is 2.39. The Kier molecular flexibility index (Phi) is 4.44. The smallest absolute Gasteiger partial charge is 0.274 e. The molecule has 3 aliphatic rings. The van der Waals surface area contributed by atoms with E-state index < -0.39 is 0 Å². The van der Waals surface area contributed by atoms with E-state index in [1.54, 1.807) is 0 Å². The number of halogens is 1. The number of likely N-dealkylation sites (tertiary alicyclic amines) is 1. The topological polar surface area (TPSA) is 50.2 Å². The number of hydrogen-bond donors (Lipinski definition) is 1. The Bertz CT molecular complexity index is 848. The summed E-state index contributed by atoms with van der Waals surface area (Å²) in [5.74, 6) is 1.33. The molecule has 2 aromatic rings. The van der Waals surface area contributed by atoms with Crippen LogP contribution in [0.3, 0.4) is 0 Å². The number of rotatable bonds is 2. The molecule has 2 fully saturated rings. The van der Waals surface area contributed by atoms with Crippen molar-refractivity contribution in [3.63, 3.8) is 0 Å². The number of aromatic nitrogens is 2. The molecule has 142 valence electrons. The number of hydrogen-bond acceptors (Lipinski definition) is 3. The van der Waals surface area contributed by atoms with Crippen LogP contribution in [0.4, 0.5) is 0 Å². The van der Waals surface area contributed by atoms with Gasteiger partial charge in [-0.1, -0.05) is 18.0 Å². The van der Waals surface area contributed by atoms with E-state index in [1.165, 1.54) is 17.7 Å². The molecule has 0 radical (unpaired) electrons. The molecule has 2 aliphatic heterocycles. The van der Waals surface area contributed by atoms with Crippen molar-refractivity contribution in [3.8, 4) is 5.69 Å². The molecule has 2 atom stereocenters. The summed E-state index contributed by atoms with van der Waals surface area (Å²) in [5, 5.41) is 9.00. The van der Waals surface area contributed by atoms with Crippen LogP contribution in [0.2, 0.25) is 5.02 Å². The highest BCUT2D eigenvalue weighted by atomic mass is 35.5. The third-order valence-corrected chi connectivity index (χ3v) is 6.63. The quantitative estimate of drug-likeness (QED) is 0.809. The molecule has 1 N–H and O–H groups in total. The molecule has 0 unspecified atom stereocenters. The van der Waals surface area contributed by atoms with Crippen molar-refractivity contribution in [3.05, 3.63) is 46.2 Å². The molecule has 3 heterocycles. The van der Waals surface area contributed by atoms with Crippen LogP contribution in [0, 0.1) is 11.8 Å². The van der Waals surface area contributed by atoms with Crippen molar-refractivity contribution < 1.29 is 4.79 Å². The molecular weight excluding hydrogens is 360 g/mol. The monoisotopic (exact) mass is 384 g/mol. The van der Waals surface area contributed by atoms with E-state index in [2.05, 4.69) is 5.32 Å². The molecule has 1 amide bonds. The maximum absolute atomic E-state index is 13.4. The lowest BCUT2D eigenvalue weighted by atomic mass is 10.0. The average molecular weight is 385 g/mol. The molecule has 1 aliphatic carbocycles. The van der Waals surface area contributed by atoms with Crippen molar-refractivity contribution in [2.75, 3.05) is 26.2 Å². The number of nitrogens with zero attached hydrogens (tertiary/aromatic N) is 3.